The number of imidazole rings is 1. The fourth-order valence-corrected chi connectivity index (χ4v) is 3.52. The van der Waals surface area contributed by atoms with Crippen LogP contribution < -0.4 is 4.90 Å². The van der Waals surface area contributed by atoms with Crippen LogP contribution in [0.4, 0.5) is 5.82 Å². The number of hydrogen-bond acceptors (Lipinski definition) is 7. The molecule has 4 heterocycles. The Morgan fingerprint density at radius 3 is 2.62 bits per heavy atom. The summed E-state index contributed by atoms with van der Waals surface area (Å²) in [5.41, 5.74) is 1.97. The van der Waals surface area contributed by atoms with E-state index in [-0.39, 0.29) is 11.3 Å². The molecule has 1 aliphatic heterocycles. The minimum Gasteiger partial charge on any atom is -0.354 e. The molecule has 8 nitrogen and oxygen atoms in total. The summed E-state index contributed by atoms with van der Waals surface area (Å²) in [6.07, 6.45) is 3.12. The minimum absolute atomic E-state index is 0.0150. The van der Waals surface area contributed by atoms with Gasteiger partial charge in [-0.05, 0) is 18.6 Å². The first kappa shape index (κ1) is 19.8. The van der Waals surface area contributed by atoms with Crippen LogP contribution >= 0.6 is 0 Å². The Labute approximate surface area is 171 Å². The molecule has 0 aromatic carbocycles. The number of fused-ring (bicyclic) bond motifs is 1. The second kappa shape index (κ2) is 7.74. The molecule has 1 saturated heterocycles. The molecule has 0 saturated carbocycles. The molecule has 0 aliphatic carbocycles. The van der Waals surface area contributed by atoms with Crippen molar-refractivity contribution in [2.75, 3.05) is 31.1 Å². The maximum atomic E-state index is 5.42. The monoisotopic (exact) mass is 397 g/mol. The Bertz CT molecular complexity index is 969. The van der Waals surface area contributed by atoms with Gasteiger partial charge >= 0.3 is 0 Å². The molecule has 0 N–H and O–H groups in total. The number of nitrogens with zero attached hydrogens (tertiary/aromatic N) is 7. The molecule has 29 heavy (non-hydrogen) atoms. The van der Waals surface area contributed by atoms with Crippen LogP contribution in [0.5, 0.6) is 0 Å². The van der Waals surface area contributed by atoms with Crippen molar-refractivity contribution < 1.29 is 4.52 Å². The quantitative estimate of drug-likeness (QED) is 0.669. The third-order valence-electron chi connectivity index (χ3n) is 5.35. The fourth-order valence-electron chi connectivity index (χ4n) is 3.52. The molecule has 1 aliphatic rings. The first-order valence-corrected chi connectivity index (χ1v) is 10.5. The SMILES string of the molecule is CC(C)c1noc(CN2CCCN(c3ccc4nc(C(C)(C)C)cn4n3)CC2)n1. The average molecular weight is 398 g/mol. The van der Waals surface area contributed by atoms with Gasteiger partial charge in [0.25, 0.3) is 0 Å². The van der Waals surface area contributed by atoms with Crippen molar-refractivity contribution in [2.24, 2.45) is 0 Å². The second-order valence-corrected chi connectivity index (χ2v) is 9.19. The van der Waals surface area contributed by atoms with Crippen molar-refractivity contribution >= 4 is 11.5 Å². The first-order chi connectivity index (χ1) is 13.8. The highest BCUT2D eigenvalue weighted by atomic mass is 16.5. The fraction of sp³-hybridized carbons (Fsp3) is 0.619. The molecular weight excluding hydrogens is 366 g/mol. The van der Waals surface area contributed by atoms with Crippen LogP contribution in [0.1, 0.15) is 64.4 Å². The van der Waals surface area contributed by atoms with Crippen LogP contribution in [-0.2, 0) is 12.0 Å². The second-order valence-electron chi connectivity index (χ2n) is 9.19. The lowest BCUT2D eigenvalue weighted by atomic mass is 9.93. The van der Waals surface area contributed by atoms with Crippen molar-refractivity contribution in [3.8, 4) is 0 Å². The zero-order valence-corrected chi connectivity index (χ0v) is 18.1. The molecule has 3 aromatic rings. The molecule has 0 unspecified atom stereocenters. The maximum absolute atomic E-state index is 5.42. The van der Waals surface area contributed by atoms with Gasteiger partial charge in [-0.1, -0.05) is 39.8 Å². The smallest absolute Gasteiger partial charge is 0.240 e. The standard InChI is InChI=1S/C21H31N7O/c1-15(2)20-23-19(29-25-20)14-26-9-6-10-27(12-11-26)18-8-7-17-22-16(21(3,4)5)13-28(17)24-18/h7-8,13,15H,6,9-12,14H2,1-5H3. The van der Waals surface area contributed by atoms with Crippen molar-refractivity contribution in [3.63, 3.8) is 0 Å². The van der Waals surface area contributed by atoms with Gasteiger partial charge in [0.05, 0.1) is 18.4 Å². The van der Waals surface area contributed by atoms with Crippen molar-refractivity contribution in [2.45, 2.75) is 58.9 Å². The van der Waals surface area contributed by atoms with Crippen LogP contribution in [0.15, 0.2) is 22.9 Å². The lowest BCUT2D eigenvalue weighted by Crippen LogP contribution is -2.31. The predicted octanol–water partition coefficient (Wildman–Crippen LogP) is 3.25. The lowest BCUT2D eigenvalue weighted by Gasteiger charge is -2.22. The minimum atomic E-state index is 0.0150. The van der Waals surface area contributed by atoms with E-state index in [9.17, 15) is 0 Å². The van der Waals surface area contributed by atoms with Crippen LogP contribution in [0.25, 0.3) is 5.65 Å². The van der Waals surface area contributed by atoms with E-state index in [0.29, 0.717) is 12.4 Å². The summed E-state index contributed by atoms with van der Waals surface area (Å²) in [6.45, 7) is 15.2. The maximum Gasteiger partial charge on any atom is 0.240 e. The van der Waals surface area contributed by atoms with E-state index in [2.05, 4.69) is 66.7 Å². The summed E-state index contributed by atoms with van der Waals surface area (Å²) in [5, 5.41) is 8.90. The average Bonchev–Trinajstić information content (AvgIpc) is 3.24. The third-order valence-corrected chi connectivity index (χ3v) is 5.35. The predicted molar refractivity (Wildman–Crippen MR) is 112 cm³/mol. The third kappa shape index (κ3) is 4.42. The van der Waals surface area contributed by atoms with Gasteiger partial charge in [0, 0.05) is 37.5 Å². The van der Waals surface area contributed by atoms with Gasteiger partial charge < -0.3 is 9.42 Å². The molecule has 0 bridgehead atoms. The van der Waals surface area contributed by atoms with Crippen LogP contribution in [-0.4, -0.2) is 55.8 Å². The number of hydrogen-bond donors (Lipinski definition) is 0. The van der Waals surface area contributed by atoms with Gasteiger partial charge in [-0.15, -0.1) is 5.10 Å². The summed E-state index contributed by atoms with van der Waals surface area (Å²) in [4.78, 5) is 14.0. The number of anilines is 1. The van der Waals surface area contributed by atoms with E-state index >= 15 is 0 Å². The number of rotatable bonds is 4. The van der Waals surface area contributed by atoms with Crippen LogP contribution in [0.2, 0.25) is 0 Å². The molecule has 0 amide bonds. The Morgan fingerprint density at radius 1 is 1.07 bits per heavy atom. The molecule has 8 heteroatoms. The summed E-state index contributed by atoms with van der Waals surface area (Å²) >= 11 is 0. The van der Waals surface area contributed by atoms with Gasteiger partial charge in [0.15, 0.2) is 11.5 Å². The molecule has 4 rings (SSSR count). The highest BCUT2D eigenvalue weighted by Gasteiger charge is 2.21. The normalized spacial score (nSPS) is 16.7. The van der Waals surface area contributed by atoms with E-state index in [1.165, 1.54) is 0 Å². The highest BCUT2D eigenvalue weighted by Crippen LogP contribution is 2.22. The lowest BCUT2D eigenvalue weighted by molar-refractivity contribution is 0.239. The largest absolute Gasteiger partial charge is 0.354 e. The molecule has 1 fully saturated rings. The Hall–Kier alpha value is -2.48. The zero-order valence-electron chi connectivity index (χ0n) is 18.1. The molecule has 0 radical (unpaired) electrons. The van der Waals surface area contributed by atoms with Crippen molar-refractivity contribution in [1.82, 2.24) is 29.6 Å². The van der Waals surface area contributed by atoms with E-state index in [1.54, 1.807) is 0 Å². The van der Waals surface area contributed by atoms with E-state index in [4.69, 9.17) is 14.6 Å². The molecule has 3 aromatic heterocycles. The van der Waals surface area contributed by atoms with E-state index in [0.717, 1.165) is 55.6 Å². The summed E-state index contributed by atoms with van der Waals surface area (Å²) in [5.74, 6) is 2.77. The van der Waals surface area contributed by atoms with E-state index < -0.39 is 0 Å². The summed E-state index contributed by atoms with van der Waals surface area (Å²) < 4.78 is 7.33. The molecule has 156 valence electrons. The van der Waals surface area contributed by atoms with E-state index in [1.807, 2.05) is 10.7 Å². The van der Waals surface area contributed by atoms with Gasteiger partial charge in [0.1, 0.15) is 5.82 Å². The molecular formula is C21H31N7O. The Kier molecular flexibility index (Phi) is 5.29. The molecule has 0 atom stereocenters. The van der Waals surface area contributed by atoms with Gasteiger partial charge in [-0.2, -0.15) is 4.98 Å². The van der Waals surface area contributed by atoms with Gasteiger partial charge in [-0.3, -0.25) is 4.90 Å². The highest BCUT2D eigenvalue weighted by molar-refractivity contribution is 5.47. The molecule has 0 spiro atoms. The topological polar surface area (TPSA) is 75.6 Å². The van der Waals surface area contributed by atoms with Gasteiger partial charge in [0.2, 0.25) is 5.89 Å². The summed E-state index contributed by atoms with van der Waals surface area (Å²) in [7, 11) is 0. The zero-order chi connectivity index (χ0) is 20.6. The van der Waals surface area contributed by atoms with Crippen molar-refractivity contribution in [3.05, 3.63) is 35.7 Å². The Balaban J connectivity index is 1.43. The van der Waals surface area contributed by atoms with Crippen LogP contribution in [0, 0.1) is 0 Å². The Morgan fingerprint density at radius 2 is 1.90 bits per heavy atom. The van der Waals surface area contributed by atoms with Crippen molar-refractivity contribution in [1.29, 1.82) is 0 Å². The van der Waals surface area contributed by atoms with Gasteiger partial charge in [-0.25, -0.2) is 9.50 Å². The summed E-state index contributed by atoms with van der Waals surface area (Å²) in [6, 6.07) is 4.14. The number of aromatic nitrogens is 5. The first-order valence-electron chi connectivity index (χ1n) is 10.5. The van der Waals surface area contributed by atoms with Crippen LogP contribution in [0.3, 0.4) is 0 Å².